The van der Waals surface area contributed by atoms with Gasteiger partial charge in [-0.2, -0.15) is 0 Å². The number of ether oxygens (including phenoxy) is 2. The molecule has 162 valence electrons. The van der Waals surface area contributed by atoms with Gasteiger partial charge in [-0.1, -0.05) is 0 Å². The summed E-state index contributed by atoms with van der Waals surface area (Å²) in [5.74, 6) is 1.47. The number of rotatable bonds is 2. The second-order valence-electron chi connectivity index (χ2n) is 8.88. The summed E-state index contributed by atoms with van der Waals surface area (Å²) in [5.41, 5.74) is 2.08. The molecule has 1 aliphatic carbocycles. The molecule has 3 aromatic rings. The predicted octanol–water partition coefficient (Wildman–Crippen LogP) is 1.75. The van der Waals surface area contributed by atoms with Crippen LogP contribution in [0.1, 0.15) is 36.2 Å². The Morgan fingerprint density at radius 1 is 1.23 bits per heavy atom. The summed E-state index contributed by atoms with van der Waals surface area (Å²) in [4.78, 5) is 13.1. The lowest BCUT2D eigenvalue weighted by atomic mass is 9.80. The molecule has 9 nitrogen and oxygen atoms in total. The van der Waals surface area contributed by atoms with Crippen LogP contribution in [0.2, 0.25) is 0 Å². The van der Waals surface area contributed by atoms with E-state index in [2.05, 4.69) is 20.3 Å². The van der Waals surface area contributed by atoms with Crippen LogP contribution in [0.25, 0.3) is 11.0 Å². The molecule has 0 aromatic carbocycles. The molecule has 6 rings (SSSR count). The summed E-state index contributed by atoms with van der Waals surface area (Å²) >= 11 is 0. The van der Waals surface area contributed by atoms with E-state index in [9.17, 15) is 10.2 Å². The zero-order valence-corrected chi connectivity index (χ0v) is 17.2. The maximum atomic E-state index is 11.1. The van der Waals surface area contributed by atoms with Gasteiger partial charge in [0.25, 0.3) is 0 Å². The molecule has 3 aliphatic rings. The lowest BCUT2D eigenvalue weighted by molar-refractivity contribution is -0.0309. The van der Waals surface area contributed by atoms with Crippen molar-refractivity contribution in [2.45, 2.75) is 44.1 Å². The van der Waals surface area contributed by atoms with E-state index in [0.717, 1.165) is 40.4 Å². The Labute approximate surface area is 179 Å². The van der Waals surface area contributed by atoms with Crippen LogP contribution in [0.15, 0.2) is 30.9 Å². The van der Waals surface area contributed by atoms with Gasteiger partial charge in [0.15, 0.2) is 11.6 Å². The Morgan fingerprint density at radius 3 is 3.03 bits per heavy atom. The first-order valence-corrected chi connectivity index (χ1v) is 10.7. The molecular weight excluding hydrogens is 398 g/mol. The van der Waals surface area contributed by atoms with E-state index >= 15 is 0 Å². The van der Waals surface area contributed by atoms with Crippen LogP contribution < -0.4 is 10.1 Å². The maximum absolute atomic E-state index is 11.1. The van der Waals surface area contributed by atoms with Gasteiger partial charge in [-0.3, -0.25) is 0 Å². The highest BCUT2D eigenvalue weighted by Gasteiger charge is 2.57. The number of nitrogens with zero attached hydrogens (tertiary/aromatic N) is 4. The van der Waals surface area contributed by atoms with Gasteiger partial charge >= 0.3 is 0 Å². The second kappa shape index (κ2) is 6.88. The van der Waals surface area contributed by atoms with E-state index in [1.165, 1.54) is 6.33 Å². The zero-order chi connectivity index (χ0) is 21.2. The molecule has 0 bridgehead atoms. The van der Waals surface area contributed by atoms with Crippen molar-refractivity contribution in [3.05, 3.63) is 42.1 Å². The second-order valence-corrected chi connectivity index (χ2v) is 8.88. The van der Waals surface area contributed by atoms with Crippen LogP contribution in [-0.2, 0) is 4.74 Å². The van der Waals surface area contributed by atoms with Gasteiger partial charge in [-0.15, -0.1) is 0 Å². The molecule has 3 N–H and O–H groups in total. The Morgan fingerprint density at radius 2 is 2.13 bits per heavy atom. The molecule has 0 unspecified atom stereocenters. The third-order valence-corrected chi connectivity index (χ3v) is 7.09. The van der Waals surface area contributed by atoms with Gasteiger partial charge in [-0.25, -0.2) is 15.0 Å². The van der Waals surface area contributed by atoms with Crippen molar-refractivity contribution in [2.24, 2.45) is 5.41 Å². The number of aliphatic hydroxyl groups is 2. The van der Waals surface area contributed by atoms with Crippen molar-refractivity contribution >= 4 is 16.9 Å². The molecule has 9 heteroatoms. The summed E-state index contributed by atoms with van der Waals surface area (Å²) in [6.45, 7) is 3.67. The van der Waals surface area contributed by atoms with E-state index in [0.29, 0.717) is 26.1 Å². The zero-order valence-electron chi connectivity index (χ0n) is 17.2. The Balaban J connectivity index is 1.28. The first-order valence-electron chi connectivity index (χ1n) is 10.7. The van der Waals surface area contributed by atoms with Gasteiger partial charge in [0, 0.05) is 28.8 Å². The third kappa shape index (κ3) is 2.84. The summed E-state index contributed by atoms with van der Waals surface area (Å²) in [7, 11) is 0. The van der Waals surface area contributed by atoms with Gasteiger partial charge < -0.3 is 29.6 Å². The number of anilines is 1. The van der Waals surface area contributed by atoms with Crippen molar-refractivity contribution in [3.8, 4) is 5.75 Å². The molecule has 0 radical (unpaired) electrons. The fourth-order valence-corrected chi connectivity index (χ4v) is 5.38. The van der Waals surface area contributed by atoms with Crippen LogP contribution in [0.4, 0.5) is 5.82 Å². The van der Waals surface area contributed by atoms with Crippen LogP contribution in [0.3, 0.4) is 0 Å². The highest BCUT2D eigenvalue weighted by Crippen LogP contribution is 2.55. The Hall–Kier alpha value is -2.75. The summed E-state index contributed by atoms with van der Waals surface area (Å²) in [5, 5.41) is 26.2. The topological polar surface area (TPSA) is 115 Å². The number of pyridine rings is 1. The van der Waals surface area contributed by atoms with E-state index in [4.69, 9.17) is 9.47 Å². The normalized spacial score (nSPS) is 32.2. The highest BCUT2D eigenvalue weighted by atomic mass is 16.5. The average molecular weight is 423 g/mol. The van der Waals surface area contributed by atoms with Crippen LogP contribution in [0.5, 0.6) is 5.75 Å². The van der Waals surface area contributed by atoms with Crippen LogP contribution >= 0.6 is 0 Å². The maximum Gasteiger partial charge on any atom is 0.168 e. The molecule has 1 saturated carbocycles. The van der Waals surface area contributed by atoms with E-state index in [1.807, 2.05) is 29.8 Å². The molecule has 3 aromatic heterocycles. The van der Waals surface area contributed by atoms with Gasteiger partial charge in [0.1, 0.15) is 24.7 Å². The van der Waals surface area contributed by atoms with Gasteiger partial charge in [-0.05, 0) is 31.9 Å². The van der Waals surface area contributed by atoms with Gasteiger partial charge in [0.2, 0.25) is 0 Å². The molecular formula is C22H25N5O4. The molecule has 31 heavy (non-hydrogen) atoms. The van der Waals surface area contributed by atoms with Crippen molar-refractivity contribution in [1.82, 2.24) is 19.5 Å². The van der Waals surface area contributed by atoms with Crippen molar-refractivity contribution in [3.63, 3.8) is 0 Å². The largest absolute Gasteiger partial charge is 0.488 e. The molecule has 5 atom stereocenters. The van der Waals surface area contributed by atoms with E-state index < -0.39 is 17.6 Å². The first-order chi connectivity index (χ1) is 15.1. The number of hydrogen-bond acceptors (Lipinski definition) is 8. The number of nitrogens with one attached hydrogen (secondary N) is 1. The minimum absolute atomic E-state index is 0.199. The highest BCUT2D eigenvalue weighted by molar-refractivity contribution is 5.78. The molecule has 0 amide bonds. The number of aromatic nitrogens is 4. The third-order valence-electron chi connectivity index (χ3n) is 7.09. The molecule has 2 fully saturated rings. The molecule has 1 saturated heterocycles. The predicted molar refractivity (Wildman–Crippen MR) is 112 cm³/mol. The van der Waals surface area contributed by atoms with Crippen LogP contribution in [-0.4, -0.2) is 61.7 Å². The number of aryl methyl sites for hydroxylation is 1. The molecule has 1 spiro atoms. The fraction of sp³-hybridized carbons (Fsp3) is 0.500. The van der Waals surface area contributed by atoms with E-state index in [1.54, 1.807) is 6.20 Å². The number of fused-ring (bicyclic) bond motifs is 2. The molecule has 2 aliphatic heterocycles. The van der Waals surface area contributed by atoms with Crippen molar-refractivity contribution in [2.75, 3.05) is 25.1 Å². The monoisotopic (exact) mass is 423 g/mol. The van der Waals surface area contributed by atoms with E-state index in [-0.39, 0.29) is 12.1 Å². The average Bonchev–Trinajstić information content (AvgIpc) is 3.48. The quantitative estimate of drug-likeness (QED) is 0.571. The lowest BCUT2D eigenvalue weighted by Gasteiger charge is -2.26. The minimum Gasteiger partial charge on any atom is -0.488 e. The first kappa shape index (κ1) is 19.0. The summed E-state index contributed by atoms with van der Waals surface area (Å²) in [6, 6.07) is 3.65. The SMILES string of the molecule is Cc1ncnc2c1ccn2[C@@H]1C[C@@]2(CO[C@@H](c3cnc4c(c3)OCCN4)C2)[C@@H](O)[C@H]1O. The number of hydrogen-bond donors (Lipinski definition) is 3. The number of aliphatic hydroxyl groups excluding tert-OH is 2. The molecule has 5 heterocycles. The minimum atomic E-state index is -0.901. The lowest BCUT2D eigenvalue weighted by Crippen LogP contribution is -2.37. The van der Waals surface area contributed by atoms with Crippen molar-refractivity contribution in [1.29, 1.82) is 0 Å². The summed E-state index contributed by atoms with van der Waals surface area (Å²) < 4.78 is 13.8. The smallest absolute Gasteiger partial charge is 0.168 e. The Bertz CT molecular complexity index is 1150. The fourth-order valence-electron chi connectivity index (χ4n) is 5.38. The van der Waals surface area contributed by atoms with Crippen LogP contribution in [0, 0.1) is 12.3 Å². The standard InChI is InChI=1S/C22H25N5O4/c1-12-14-2-4-27(21(14)26-11-25-12)15-7-22(19(29)18(15)28)8-17(31-10-22)13-6-16-20(24-9-13)23-3-5-30-16/h2,4,6,9,11,15,17-19,28-29H,3,5,7-8,10H2,1H3,(H,23,24)/t15-,17-,18+,19+,22-/m1/s1. The Kier molecular flexibility index (Phi) is 4.21. The summed E-state index contributed by atoms with van der Waals surface area (Å²) in [6.07, 6.45) is 4.51. The van der Waals surface area contributed by atoms with Gasteiger partial charge in [0.05, 0.1) is 37.1 Å². The van der Waals surface area contributed by atoms with Crippen molar-refractivity contribution < 1.29 is 19.7 Å².